The van der Waals surface area contributed by atoms with Gasteiger partial charge in [0.25, 0.3) is 5.91 Å². The van der Waals surface area contributed by atoms with Gasteiger partial charge in [0.05, 0.1) is 11.3 Å². The van der Waals surface area contributed by atoms with E-state index in [0.717, 1.165) is 16.3 Å². The van der Waals surface area contributed by atoms with Crippen molar-refractivity contribution in [1.82, 2.24) is 14.7 Å². The van der Waals surface area contributed by atoms with Gasteiger partial charge >= 0.3 is 0 Å². The van der Waals surface area contributed by atoms with E-state index in [0.29, 0.717) is 37.9 Å². The molecule has 0 saturated carbocycles. The maximum Gasteiger partial charge on any atom is 0.253 e. The number of rotatable bonds is 5. The topological polar surface area (TPSA) is 75.4 Å². The lowest BCUT2D eigenvalue weighted by molar-refractivity contribution is -0.0172. The summed E-state index contributed by atoms with van der Waals surface area (Å²) in [5.74, 6) is -0.528. The Kier molecular flexibility index (Phi) is 6.02. The lowest BCUT2D eigenvalue weighted by atomic mass is 9.86. The molecular weight excluding hydrogens is 417 g/mol. The monoisotopic (exact) mass is 441 g/mol. The molecule has 1 aliphatic heterocycles. The number of carbonyl (C=O) groups excluding carboxylic acids is 1. The maximum atomic E-state index is 13.1. The second-order valence-corrected chi connectivity index (χ2v) is 9.26. The molecule has 4 rings (SSSR count). The molecule has 1 saturated heterocycles. The zero-order valence-corrected chi connectivity index (χ0v) is 18.0. The number of aromatic nitrogens is 2. The van der Waals surface area contributed by atoms with Crippen molar-refractivity contribution in [2.24, 2.45) is 0 Å². The number of carbonyl (C=O) groups is 1. The second kappa shape index (κ2) is 8.72. The van der Waals surface area contributed by atoms with E-state index in [9.17, 15) is 18.5 Å². The molecule has 0 spiro atoms. The predicted molar refractivity (Wildman–Crippen MR) is 116 cm³/mol. The Balaban J connectivity index is 1.43. The molecule has 1 aromatic heterocycles. The molecule has 1 N–H and O–H groups in total. The highest BCUT2D eigenvalue weighted by Crippen LogP contribution is 2.28. The van der Waals surface area contributed by atoms with E-state index in [4.69, 9.17) is 0 Å². The molecule has 6 nitrogen and oxygen atoms in total. The molecule has 0 radical (unpaired) electrons. The van der Waals surface area contributed by atoms with E-state index < -0.39 is 16.4 Å². The molecule has 1 unspecified atom stereocenters. The standard InChI is InChI=1S/C23H24FN3O3S/c1-31(30)21-8-6-19(7-9-21)27-20(10-13-25-27)16-23(29)11-14-26(15-12-23)22(28)17-2-4-18(24)5-3-17/h2-10,13,29H,11-12,14-16H2,1H3. The number of piperidine rings is 1. The van der Waals surface area contributed by atoms with Gasteiger partial charge in [0.1, 0.15) is 5.82 Å². The molecule has 3 aromatic rings. The van der Waals surface area contributed by atoms with Crippen LogP contribution in [0.1, 0.15) is 28.9 Å². The fraction of sp³-hybridized carbons (Fsp3) is 0.304. The van der Waals surface area contributed by atoms with E-state index in [-0.39, 0.29) is 11.7 Å². The Hall–Kier alpha value is -2.84. The quantitative estimate of drug-likeness (QED) is 0.661. The fourth-order valence-corrected chi connectivity index (χ4v) is 4.41. The summed E-state index contributed by atoms with van der Waals surface area (Å²) in [6, 6.07) is 14.7. The molecule has 0 aliphatic carbocycles. The third-order valence-corrected chi connectivity index (χ3v) is 6.65. The lowest BCUT2D eigenvalue weighted by Gasteiger charge is -2.38. The molecule has 2 aromatic carbocycles. The van der Waals surface area contributed by atoms with Gasteiger partial charge < -0.3 is 10.0 Å². The zero-order chi connectivity index (χ0) is 22.0. The average Bonchev–Trinajstić information content (AvgIpc) is 3.22. The van der Waals surface area contributed by atoms with Crippen LogP contribution in [-0.2, 0) is 17.2 Å². The van der Waals surface area contributed by atoms with Gasteiger partial charge in [0, 0.05) is 58.9 Å². The molecule has 1 aliphatic rings. The number of likely N-dealkylation sites (tertiary alicyclic amines) is 1. The van der Waals surface area contributed by atoms with Gasteiger partial charge in [-0.2, -0.15) is 5.10 Å². The molecule has 0 bridgehead atoms. The number of benzene rings is 2. The van der Waals surface area contributed by atoms with Crippen molar-refractivity contribution in [3.8, 4) is 5.69 Å². The van der Waals surface area contributed by atoms with Gasteiger partial charge in [-0.25, -0.2) is 9.07 Å². The maximum absolute atomic E-state index is 13.1. The SMILES string of the molecule is CS(=O)c1ccc(-n2nccc2CC2(O)CCN(C(=O)c3ccc(F)cc3)CC2)cc1. The molecule has 1 fully saturated rings. The third-order valence-electron chi connectivity index (χ3n) is 5.72. The van der Waals surface area contributed by atoms with E-state index >= 15 is 0 Å². The number of amides is 1. The molecule has 8 heteroatoms. The van der Waals surface area contributed by atoms with Crippen molar-refractivity contribution < 1.29 is 18.5 Å². The number of aliphatic hydroxyl groups is 1. The molecule has 162 valence electrons. The Bertz CT molecular complexity index is 1090. The van der Waals surface area contributed by atoms with Crippen LogP contribution in [0.15, 0.2) is 65.7 Å². The van der Waals surface area contributed by atoms with Crippen molar-refractivity contribution in [2.45, 2.75) is 29.8 Å². The predicted octanol–water partition coefficient (Wildman–Crippen LogP) is 2.96. The number of hydrogen-bond acceptors (Lipinski definition) is 4. The molecule has 1 amide bonds. The minimum atomic E-state index is -1.04. The summed E-state index contributed by atoms with van der Waals surface area (Å²) in [5, 5.41) is 15.6. The minimum absolute atomic E-state index is 0.152. The van der Waals surface area contributed by atoms with Crippen LogP contribution in [0.2, 0.25) is 0 Å². The zero-order valence-electron chi connectivity index (χ0n) is 17.2. The van der Waals surface area contributed by atoms with E-state index in [1.54, 1.807) is 22.0 Å². The molecule has 1 atom stereocenters. The highest BCUT2D eigenvalue weighted by Gasteiger charge is 2.35. The van der Waals surface area contributed by atoms with Crippen LogP contribution in [0.25, 0.3) is 5.69 Å². The first-order chi connectivity index (χ1) is 14.8. The number of halogens is 1. The highest BCUT2D eigenvalue weighted by molar-refractivity contribution is 7.84. The molecule has 2 heterocycles. The first-order valence-corrected chi connectivity index (χ1v) is 11.6. The first-order valence-electron chi connectivity index (χ1n) is 10.1. The largest absolute Gasteiger partial charge is 0.389 e. The average molecular weight is 442 g/mol. The van der Waals surface area contributed by atoms with Crippen LogP contribution < -0.4 is 0 Å². The Morgan fingerprint density at radius 1 is 1.10 bits per heavy atom. The Morgan fingerprint density at radius 3 is 2.35 bits per heavy atom. The van der Waals surface area contributed by atoms with Crippen LogP contribution in [-0.4, -0.2) is 54.8 Å². The smallest absolute Gasteiger partial charge is 0.253 e. The van der Waals surface area contributed by atoms with E-state index in [1.165, 1.54) is 24.3 Å². The van der Waals surface area contributed by atoms with E-state index in [2.05, 4.69) is 5.10 Å². The van der Waals surface area contributed by atoms with Gasteiger partial charge in [-0.15, -0.1) is 0 Å². The summed E-state index contributed by atoms with van der Waals surface area (Å²) in [7, 11) is -1.04. The van der Waals surface area contributed by atoms with Crippen molar-refractivity contribution in [3.63, 3.8) is 0 Å². The van der Waals surface area contributed by atoms with Crippen LogP contribution in [0.4, 0.5) is 4.39 Å². The second-order valence-electron chi connectivity index (χ2n) is 7.88. The summed E-state index contributed by atoms with van der Waals surface area (Å²) in [6.07, 6.45) is 4.62. The Morgan fingerprint density at radius 2 is 1.74 bits per heavy atom. The summed E-state index contributed by atoms with van der Waals surface area (Å²) in [4.78, 5) is 15.1. The van der Waals surface area contributed by atoms with Gasteiger partial charge in [0.15, 0.2) is 0 Å². The number of hydrogen-bond donors (Lipinski definition) is 1. The van der Waals surface area contributed by atoms with Crippen LogP contribution >= 0.6 is 0 Å². The van der Waals surface area contributed by atoms with Crippen molar-refractivity contribution >= 4 is 16.7 Å². The van der Waals surface area contributed by atoms with Crippen molar-refractivity contribution in [1.29, 1.82) is 0 Å². The summed E-state index contributed by atoms with van der Waals surface area (Å²) < 4.78 is 26.5. The number of nitrogens with zero attached hydrogens (tertiary/aromatic N) is 3. The van der Waals surface area contributed by atoms with Crippen LogP contribution in [0.3, 0.4) is 0 Å². The summed E-state index contributed by atoms with van der Waals surface area (Å²) >= 11 is 0. The Labute approximate surface area is 182 Å². The molecular formula is C23H24FN3O3S. The minimum Gasteiger partial charge on any atom is -0.389 e. The van der Waals surface area contributed by atoms with E-state index in [1.807, 2.05) is 30.3 Å². The van der Waals surface area contributed by atoms with Gasteiger partial charge in [-0.05, 0) is 67.4 Å². The van der Waals surface area contributed by atoms with Crippen molar-refractivity contribution in [2.75, 3.05) is 19.3 Å². The highest BCUT2D eigenvalue weighted by atomic mass is 32.2. The summed E-state index contributed by atoms with van der Waals surface area (Å²) in [5.41, 5.74) is 1.21. The molecule has 31 heavy (non-hydrogen) atoms. The van der Waals surface area contributed by atoms with Gasteiger partial charge in [0.2, 0.25) is 0 Å². The van der Waals surface area contributed by atoms with Crippen LogP contribution in [0.5, 0.6) is 0 Å². The summed E-state index contributed by atoms with van der Waals surface area (Å²) in [6.45, 7) is 0.857. The normalized spacial score (nSPS) is 16.8. The van der Waals surface area contributed by atoms with Gasteiger partial charge in [-0.3, -0.25) is 9.00 Å². The van der Waals surface area contributed by atoms with Crippen LogP contribution in [0, 0.1) is 5.82 Å². The fourth-order valence-electron chi connectivity index (χ4n) is 3.89. The van der Waals surface area contributed by atoms with Gasteiger partial charge in [-0.1, -0.05) is 0 Å². The lowest BCUT2D eigenvalue weighted by Crippen LogP contribution is -2.48. The first kappa shape index (κ1) is 21.4. The third kappa shape index (κ3) is 4.75. The van der Waals surface area contributed by atoms with Crippen molar-refractivity contribution in [3.05, 3.63) is 77.9 Å².